The first-order valence-corrected chi connectivity index (χ1v) is 14.6. The zero-order chi connectivity index (χ0) is 25.3. The molecule has 0 bridgehead atoms. The molecule has 192 valence electrons. The Hall–Kier alpha value is -2.41. The first-order valence-electron chi connectivity index (χ1n) is 14.6. The lowest BCUT2D eigenvalue weighted by Gasteiger charge is -2.22. The maximum absolute atomic E-state index is 13.4. The summed E-state index contributed by atoms with van der Waals surface area (Å²) in [6.07, 6.45) is 20.5. The van der Waals surface area contributed by atoms with Gasteiger partial charge in [-0.1, -0.05) is 126 Å². The van der Waals surface area contributed by atoms with Crippen molar-refractivity contribution in [1.82, 2.24) is 0 Å². The van der Waals surface area contributed by atoms with Gasteiger partial charge in [0.2, 0.25) is 0 Å². The van der Waals surface area contributed by atoms with Gasteiger partial charge in [-0.05, 0) is 72.1 Å². The van der Waals surface area contributed by atoms with Crippen molar-refractivity contribution < 1.29 is 4.79 Å². The molecule has 0 aliphatic heterocycles. The predicted octanol–water partition coefficient (Wildman–Crippen LogP) is 9.55. The van der Waals surface area contributed by atoms with E-state index in [1.54, 1.807) is 0 Å². The lowest BCUT2D eigenvalue weighted by Crippen LogP contribution is -2.24. The fraction of sp³-hybridized carbons (Fsp3) is 0.514. The third-order valence-corrected chi connectivity index (χ3v) is 8.61. The van der Waals surface area contributed by atoms with Crippen LogP contribution in [0.25, 0.3) is 11.1 Å². The molecule has 2 atom stereocenters. The largest absolute Gasteiger partial charge is 0.294 e. The van der Waals surface area contributed by atoms with Gasteiger partial charge >= 0.3 is 0 Å². The van der Waals surface area contributed by atoms with Crippen LogP contribution in [0, 0.1) is 23.7 Å². The fourth-order valence-electron chi connectivity index (χ4n) is 6.05. The van der Waals surface area contributed by atoms with Gasteiger partial charge in [0.15, 0.2) is 5.78 Å². The van der Waals surface area contributed by atoms with Crippen molar-refractivity contribution in [2.45, 2.75) is 91.4 Å². The summed E-state index contributed by atoms with van der Waals surface area (Å²) in [5.41, 5.74) is 6.13. The average Bonchev–Trinajstić information content (AvgIpc) is 3.43. The molecule has 0 saturated heterocycles. The quantitative estimate of drug-likeness (QED) is 0.275. The van der Waals surface area contributed by atoms with Crippen LogP contribution in [-0.2, 0) is 17.6 Å². The number of hydrogen-bond donors (Lipinski definition) is 0. The van der Waals surface area contributed by atoms with Crippen LogP contribution in [0.4, 0.5) is 0 Å². The summed E-state index contributed by atoms with van der Waals surface area (Å²) in [6, 6.07) is 18.0. The minimum Gasteiger partial charge on any atom is -0.294 e. The number of carbonyl (C=O) groups excluding carboxylic acids is 1. The van der Waals surface area contributed by atoms with E-state index in [1.165, 1.54) is 73.6 Å². The number of allylic oxidation sites excluding steroid dienone is 4. The number of benzene rings is 2. The van der Waals surface area contributed by atoms with Crippen LogP contribution in [0.2, 0.25) is 0 Å². The predicted molar refractivity (Wildman–Crippen MR) is 154 cm³/mol. The van der Waals surface area contributed by atoms with Crippen LogP contribution in [0.5, 0.6) is 0 Å². The third-order valence-electron chi connectivity index (χ3n) is 8.61. The van der Waals surface area contributed by atoms with Gasteiger partial charge in [0, 0.05) is 11.5 Å². The van der Waals surface area contributed by atoms with Gasteiger partial charge in [-0.2, -0.15) is 0 Å². The maximum Gasteiger partial charge on any atom is 0.166 e. The Morgan fingerprint density at radius 3 is 2.39 bits per heavy atom. The molecule has 2 unspecified atom stereocenters. The molecule has 2 aliphatic rings. The number of aryl methyl sites for hydroxylation is 1. The molecule has 36 heavy (non-hydrogen) atoms. The van der Waals surface area contributed by atoms with Gasteiger partial charge in [0.05, 0.1) is 0 Å². The molecule has 0 heterocycles. The Morgan fingerprint density at radius 1 is 0.944 bits per heavy atom. The average molecular weight is 483 g/mol. The molecule has 1 fully saturated rings. The van der Waals surface area contributed by atoms with Crippen molar-refractivity contribution in [3.8, 4) is 11.1 Å². The molecule has 0 radical (unpaired) electrons. The fourth-order valence-corrected chi connectivity index (χ4v) is 6.05. The second-order valence-corrected chi connectivity index (χ2v) is 11.6. The third kappa shape index (κ3) is 7.31. The van der Waals surface area contributed by atoms with E-state index >= 15 is 0 Å². The summed E-state index contributed by atoms with van der Waals surface area (Å²) in [6.45, 7) is 6.58. The SMILES string of the molecule is CCC1C=CC(C(=O)C(Cc2cccc(-c3ccc(CCCCC4CCCC4)cc3)c2)C(C)C)=CC1. The van der Waals surface area contributed by atoms with E-state index in [4.69, 9.17) is 0 Å². The first-order chi connectivity index (χ1) is 17.5. The minimum absolute atomic E-state index is 0.0148. The lowest BCUT2D eigenvalue weighted by molar-refractivity contribution is -0.120. The summed E-state index contributed by atoms with van der Waals surface area (Å²) in [7, 11) is 0. The van der Waals surface area contributed by atoms with Crippen LogP contribution in [0.3, 0.4) is 0 Å². The van der Waals surface area contributed by atoms with E-state index < -0.39 is 0 Å². The summed E-state index contributed by atoms with van der Waals surface area (Å²) in [4.78, 5) is 13.4. The van der Waals surface area contributed by atoms with Crippen LogP contribution >= 0.6 is 0 Å². The number of hydrogen-bond acceptors (Lipinski definition) is 1. The van der Waals surface area contributed by atoms with Crippen molar-refractivity contribution in [3.63, 3.8) is 0 Å². The van der Waals surface area contributed by atoms with E-state index in [9.17, 15) is 4.79 Å². The normalized spacial score (nSPS) is 19.0. The van der Waals surface area contributed by atoms with E-state index in [2.05, 4.69) is 87.5 Å². The molecule has 1 saturated carbocycles. The van der Waals surface area contributed by atoms with Crippen molar-refractivity contribution in [2.24, 2.45) is 23.7 Å². The Kier molecular flexibility index (Phi) is 9.79. The molecular formula is C35H46O. The molecule has 2 aliphatic carbocycles. The van der Waals surface area contributed by atoms with Crippen LogP contribution in [0.15, 0.2) is 72.3 Å². The Bertz CT molecular complexity index is 1030. The zero-order valence-electron chi connectivity index (χ0n) is 22.8. The second-order valence-electron chi connectivity index (χ2n) is 11.6. The molecule has 2 aromatic carbocycles. The standard InChI is InChI=1S/C35H46O/c1-4-27-16-22-32(23-17-27)35(36)34(26(2)3)25-30-14-9-15-33(24-30)31-20-18-29(19-21-31)13-8-7-12-28-10-5-6-11-28/h9,14-16,18-24,26-28,34H,4-8,10-13,17,25H2,1-3H3. The van der Waals surface area contributed by atoms with Gasteiger partial charge in [-0.3, -0.25) is 4.79 Å². The number of ketones is 1. The van der Waals surface area contributed by atoms with Gasteiger partial charge < -0.3 is 0 Å². The summed E-state index contributed by atoms with van der Waals surface area (Å²) >= 11 is 0. The molecular weight excluding hydrogens is 436 g/mol. The highest BCUT2D eigenvalue weighted by Crippen LogP contribution is 2.30. The highest BCUT2D eigenvalue weighted by Gasteiger charge is 2.25. The van der Waals surface area contributed by atoms with Gasteiger partial charge in [-0.25, -0.2) is 0 Å². The molecule has 1 nitrogen and oxygen atoms in total. The number of carbonyl (C=O) groups is 1. The summed E-state index contributed by atoms with van der Waals surface area (Å²) in [5, 5.41) is 0. The van der Waals surface area contributed by atoms with Crippen molar-refractivity contribution in [2.75, 3.05) is 0 Å². The second kappa shape index (κ2) is 13.2. The first kappa shape index (κ1) is 26.6. The smallest absolute Gasteiger partial charge is 0.166 e. The number of Topliss-reactive ketones (excluding diaryl/α,β-unsaturated/α-hetero) is 1. The van der Waals surface area contributed by atoms with E-state index in [0.29, 0.717) is 17.6 Å². The molecule has 0 aromatic heterocycles. The number of unbranched alkanes of at least 4 members (excludes halogenated alkanes) is 1. The monoisotopic (exact) mass is 482 g/mol. The van der Waals surface area contributed by atoms with Crippen LogP contribution < -0.4 is 0 Å². The molecule has 1 heteroatoms. The highest BCUT2D eigenvalue weighted by atomic mass is 16.1. The maximum atomic E-state index is 13.4. The van der Waals surface area contributed by atoms with E-state index in [0.717, 1.165) is 30.8 Å². The van der Waals surface area contributed by atoms with Gasteiger partial charge in [0.1, 0.15) is 0 Å². The lowest BCUT2D eigenvalue weighted by atomic mass is 9.80. The van der Waals surface area contributed by atoms with E-state index in [1.807, 2.05) is 0 Å². The molecule has 2 aromatic rings. The Balaban J connectivity index is 1.35. The van der Waals surface area contributed by atoms with E-state index in [-0.39, 0.29) is 5.92 Å². The Morgan fingerprint density at radius 2 is 1.72 bits per heavy atom. The van der Waals surface area contributed by atoms with Gasteiger partial charge in [0.25, 0.3) is 0 Å². The zero-order valence-corrected chi connectivity index (χ0v) is 22.8. The molecule has 0 spiro atoms. The summed E-state index contributed by atoms with van der Waals surface area (Å²) < 4.78 is 0. The molecule has 0 amide bonds. The van der Waals surface area contributed by atoms with Gasteiger partial charge in [-0.15, -0.1) is 0 Å². The Labute approximate surface area is 220 Å². The molecule has 4 rings (SSSR count). The number of rotatable bonds is 12. The van der Waals surface area contributed by atoms with Crippen molar-refractivity contribution in [3.05, 3.63) is 83.5 Å². The highest BCUT2D eigenvalue weighted by molar-refractivity contribution is 6.00. The minimum atomic E-state index is 0.0148. The molecule has 0 N–H and O–H groups in total. The summed E-state index contributed by atoms with van der Waals surface area (Å²) in [5.74, 6) is 2.22. The topological polar surface area (TPSA) is 17.1 Å². The van der Waals surface area contributed by atoms with Crippen molar-refractivity contribution in [1.29, 1.82) is 0 Å². The van der Waals surface area contributed by atoms with Crippen LogP contribution in [0.1, 0.15) is 89.7 Å². The van der Waals surface area contributed by atoms with Crippen LogP contribution in [-0.4, -0.2) is 5.78 Å². The van der Waals surface area contributed by atoms with Crippen molar-refractivity contribution >= 4 is 5.78 Å².